The number of furan rings is 1. The van der Waals surface area contributed by atoms with Gasteiger partial charge < -0.3 is 20.7 Å². The smallest absolute Gasteiger partial charge is 0.400 e. The van der Waals surface area contributed by atoms with E-state index in [1.165, 1.54) is 6.26 Å². The van der Waals surface area contributed by atoms with Crippen molar-refractivity contribution in [2.45, 2.75) is 19.1 Å². The lowest BCUT2D eigenvalue weighted by molar-refractivity contribution is -0.155. The lowest BCUT2D eigenvalue weighted by Gasteiger charge is -2.21. The zero-order chi connectivity index (χ0) is 13.8. The lowest BCUT2D eigenvalue weighted by atomic mass is 10.1. The number of hydrogen-bond donors (Lipinski definition) is 3. The summed E-state index contributed by atoms with van der Waals surface area (Å²) in [5, 5.41) is 13.4. The van der Waals surface area contributed by atoms with Crippen molar-refractivity contribution < 1.29 is 22.8 Å². The van der Waals surface area contributed by atoms with Crippen LogP contribution in [0.25, 0.3) is 0 Å². The van der Waals surface area contributed by atoms with Crippen LogP contribution in [0.3, 0.4) is 0 Å². The van der Waals surface area contributed by atoms with Gasteiger partial charge in [-0.15, -0.1) is 0 Å². The van der Waals surface area contributed by atoms with Gasteiger partial charge in [0.1, 0.15) is 11.7 Å². The number of rotatable bonds is 5. The Balaban J connectivity index is 2.63. The van der Waals surface area contributed by atoms with Crippen LogP contribution < -0.4 is 11.1 Å². The van der Waals surface area contributed by atoms with Crippen molar-refractivity contribution in [3.8, 4) is 0 Å². The van der Waals surface area contributed by atoms with Crippen molar-refractivity contribution in [1.82, 2.24) is 5.32 Å². The maximum atomic E-state index is 12.6. The van der Waals surface area contributed by atoms with E-state index in [0.717, 1.165) is 0 Å². The van der Waals surface area contributed by atoms with E-state index in [2.05, 4.69) is 10.5 Å². The summed E-state index contributed by atoms with van der Waals surface area (Å²) in [6.07, 6.45) is -3.15. The average molecular weight is 265 g/mol. The van der Waals surface area contributed by atoms with Gasteiger partial charge in [-0.2, -0.15) is 13.2 Å². The monoisotopic (exact) mass is 265 g/mol. The van der Waals surface area contributed by atoms with Gasteiger partial charge in [-0.05, 0) is 19.1 Å². The second-order valence-electron chi connectivity index (χ2n) is 3.76. The Hall–Kier alpha value is -1.70. The van der Waals surface area contributed by atoms with Gasteiger partial charge in [-0.25, -0.2) is 0 Å². The SMILES string of the molecule is C[C@@H](NCC(/C(N)=N/O)C(F)(F)F)c1ccco1. The molecule has 0 saturated carbocycles. The van der Waals surface area contributed by atoms with E-state index in [4.69, 9.17) is 15.4 Å². The Bertz CT molecular complexity index is 390. The van der Waals surface area contributed by atoms with E-state index in [1.807, 2.05) is 0 Å². The van der Waals surface area contributed by atoms with Crippen LogP contribution in [0.4, 0.5) is 13.2 Å². The molecule has 0 fully saturated rings. The molecule has 18 heavy (non-hydrogen) atoms. The third-order valence-electron chi connectivity index (χ3n) is 2.47. The van der Waals surface area contributed by atoms with E-state index < -0.39 is 30.5 Å². The maximum absolute atomic E-state index is 12.6. The zero-order valence-electron chi connectivity index (χ0n) is 9.61. The van der Waals surface area contributed by atoms with Crippen molar-refractivity contribution in [3.05, 3.63) is 24.2 Å². The van der Waals surface area contributed by atoms with Crippen LogP contribution in [-0.2, 0) is 0 Å². The zero-order valence-corrected chi connectivity index (χ0v) is 9.61. The Morgan fingerprint density at radius 3 is 2.72 bits per heavy atom. The largest absolute Gasteiger partial charge is 0.468 e. The molecule has 1 aromatic heterocycles. The molecule has 1 heterocycles. The van der Waals surface area contributed by atoms with Gasteiger partial charge in [0.15, 0.2) is 5.84 Å². The minimum absolute atomic E-state index is 0.406. The number of nitrogens with zero attached hydrogens (tertiary/aromatic N) is 1. The number of oxime groups is 1. The molecular formula is C10H14F3N3O2. The molecule has 1 aromatic rings. The van der Waals surface area contributed by atoms with E-state index in [9.17, 15) is 13.2 Å². The van der Waals surface area contributed by atoms with Crippen molar-refractivity contribution in [2.24, 2.45) is 16.8 Å². The first kappa shape index (κ1) is 14.4. The van der Waals surface area contributed by atoms with Crippen molar-refractivity contribution >= 4 is 5.84 Å². The summed E-state index contributed by atoms with van der Waals surface area (Å²) < 4.78 is 42.9. The first-order chi connectivity index (χ1) is 8.36. The Morgan fingerprint density at radius 1 is 1.61 bits per heavy atom. The fourth-order valence-corrected chi connectivity index (χ4v) is 1.39. The van der Waals surface area contributed by atoms with Crippen LogP contribution in [0.5, 0.6) is 0 Å². The Kier molecular flexibility index (Phi) is 4.60. The molecule has 0 bridgehead atoms. The van der Waals surface area contributed by atoms with Crippen LogP contribution in [0.1, 0.15) is 18.7 Å². The molecule has 0 aliphatic heterocycles. The molecule has 5 nitrogen and oxygen atoms in total. The van der Waals surface area contributed by atoms with E-state index in [-0.39, 0.29) is 0 Å². The van der Waals surface area contributed by atoms with E-state index in [0.29, 0.717) is 5.76 Å². The fraction of sp³-hybridized carbons (Fsp3) is 0.500. The molecule has 4 N–H and O–H groups in total. The highest BCUT2D eigenvalue weighted by atomic mass is 19.4. The minimum atomic E-state index is -4.58. The van der Waals surface area contributed by atoms with Crippen LogP contribution >= 0.6 is 0 Å². The minimum Gasteiger partial charge on any atom is -0.468 e. The lowest BCUT2D eigenvalue weighted by Crippen LogP contribution is -2.43. The predicted octanol–water partition coefficient (Wildman–Crippen LogP) is 1.86. The summed E-state index contributed by atoms with van der Waals surface area (Å²) in [6.45, 7) is 1.15. The molecule has 0 saturated heterocycles. The summed E-state index contributed by atoms with van der Waals surface area (Å²) in [7, 11) is 0. The van der Waals surface area contributed by atoms with Crippen LogP contribution in [-0.4, -0.2) is 23.8 Å². The number of nitrogens with two attached hydrogens (primary N) is 1. The molecular weight excluding hydrogens is 251 g/mol. The molecule has 1 rings (SSSR count). The molecule has 1 unspecified atom stereocenters. The molecule has 0 spiro atoms. The summed E-state index contributed by atoms with van der Waals surface area (Å²) in [5.41, 5.74) is 5.02. The number of nitrogens with one attached hydrogen (secondary N) is 1. The van der Waals surface area contributed by atoms with Gasteiger partial charge in [-0.1, -0.05) is 5.16 Å². The van der Waals surface area contributed by atoms with Crippen molar-refractivity contribution in [3.63, 3.8) is 0 Å². The van der Waals surface area contributed by atoms with Crippen LogP contribution in [0, 0.1) is 5.92 Å². The molecule has 8 heteroatoms. The second-order valence-corrected chi connectivity index (χ2v) is 3.76. The van der Waals surface area contributed by atoms with Gasteiger partial charge in [-0.3, -0.25) is 0 Å². The second kappa shape index (κ2) is 5.76. The predicted molar refractivity (Wildman–Crippen MR) is 58.1 cm³/mol. The normalized spacial score (nSPS) is 16.6. The first-order valence-electron chi connectivity index (χ1n) is 5.17. The van der Waals surface area contributed by atoms with Gasteiger partial charge in [0, 0.05) is 6.54 Å². The highest BCUT2D eigenvalue weighted by Gasteiger charge is 2.42. The average Bonchev–Trinajstić information content (AvgIpc) is 2.80. The Labute approximate surface area is 101 Å². The maximum Gasteiger partial charge on any atom is 0.400 e. The quantitative estimate of drug-likeness (QED) is 0.328. The third-order valence-corrected chi connectivity index (χ3v) is 2.47. The highest BCUT2D eigenvalue weighted by Crippen LogP contribution is 2.26. The standard InChI is InChI=1S/C10H14F3N3O2/c1-6(8-3-2-4-18-8)15-5-7(9(14)16-17)10(11,12)13/h2-4,6-7,15,17H,5H2,1H3,(H2,14,16)/t6-,7?/m1/s1. The summed E-state index contributed by atoms with van der Waals surface area (Å²) in [4.78, 5) is 0. The molecule has 0 aromatic carbocycles. The summed E-state index contributed by atoms with van der Waals surface area (Å²) in [6, 6.07) is 2.87. The molecule has 0 amide bonds. The Morgan fingerprint density at radius 2 is 2.28 bits per heavy atom. The van der Waals surface area contributed by atoms with Crippen molar-refractivity contribution in [2.75, 3.05) is 6.54 Å². The van der Waals surface area contributed by atoms with Gasteiger partial charge >= 0.3 is 6.18 Å². The van der Waals surface area contributed by atoms with E-state index in [1.54, 1.807) is 19.1 Å². The van der Waals surface area contributed by atoms with Gasteiger partial charge in [0.05, 0.1) is 12.3 Å². The van der Waals surface area contributed by atoms with Crippen molar-refractivity contribution in [1.29, 1.82) is 0 Å². The number of halogens is 3. The summed E-state index contributed by atoms with van der Waals surface area (Å²) >= 11 is 0. The third kappa shape index (κ3) is 3.66. The van der Waals surface area contributed by atoms with Gasteiger partial charge in [0.25, 0.3) is 0 Å². The van der Waals surface area contributed by atoms with E-state index >= 15 is 0 Å². The van der Waals surface area contributed by atoms with Crippen LogP contribution in [0.2, 0.25) is 0 Å². The number of hydrogen-bond acceptors (Lipinski definition) is 4. The highest BCUT2D eigenvalue weighted by molar-refractivity contribution is 5.83. The molecule has 0 aliphatic carbocycles. The topological polar surface area (TPSA) is 83.8 Å². The molecule has 0 aliphatic rings. The molecule has 102 valence electrons. The summed E-state index contributed by atoms with van der Waals surface area (Å²) in [5.74, 6) is -2.41. The fourth-order valence-electron chi connectivity index (χ4n) is 1.39. The van der Waals surface area contributed by atoms with Gasteiger partial charge in [0.2, 0.25) is 0 Å². The first-order valence-corrected chi connectivity index (χ1v) is 5.17. The number of alkyl halides is 3. The number of amidine groups is 1. The van der Waals surface area contributed by atoms with Crippen LogP contribution in [0.15, 0.2) is 28.0 Å². The molecule has 2 atom stereocenters. The molecule has 0 radical (unpaired) electrons.